The van der Waals surface area contributed by atoms with Crippen LogP contribution in [0.25, 0.3) is 0 Å². The third-order valence-electron chi connectivity index (χ3n) is 3.19. The van der Waals surface area contributed by atoms with Crippen molar-refractivity contribution < 1.29 is 10.3 Å². The summed E-state index contributed by atoms with van der Waals surface area (Å²) in [4.78, 5) is 2.12. The first-order valence-electron chi connectivity index (χ1n) is 5.72. The molecule has 0 saturated carbocycles. The molecular formula is C12H17N3O2. The molecule has 1 heterocycles. The van der Waals surface area contributed by atoms with Gasteiger partial charge in [-0.05, 0) is 25.0 Å². The number of hydrogen-bond acceptors (Lipinski definition) is 4. The minimum atomic E-state index is 0.101. The van der Waals surface area contributed by atoms with E-state index in [2.05, 4.69) is 10.1 Å². The van der Waals surface area contributed by atoms with Crippen LogP contribution >= 0.6 is 0 Å². The zero-order chi connectivity index (χ0) is 12.3. The summed E-state index contributed by atoms with van der Waals surface area (Å²) in [6.07, 6.45) is 2.02. The molecule has 0 aromatic heterocycles. The Morgan fingerprint density at radius 2 is 2.24 bits per heavy atom. The Bertz CT molecular complexity index is 420. The van der Waals surface area contributed by atoms with E-state index in [9.17, 15) is 5.11 Å². The van der Waals surface area contributed by atoms with Crippen molar-refractivity contribution in [2.45, 2.75) is 18.9 Å². The van der Waals surface area contributed by atoms with Crippen LogP contribution in [-0.4, -0.2) is 35.3 Å². The maximum absolute atomic E-state index is 9.33. The van der Waals surface area contributed by atoms with Gasteiger partial charge < -0.3 is 20.9 Å². The van der Waals surface area contributed by atoms with E-state index in [1.54, 1.807) is 0 Å². The second-order valence-corrected chi connectivity index (χ2v) is 4.17. The fourth-order valence-electron chi connectivity index (χ4n) is 2.34. The Morgan fingerprint density at radius 1 is 1.47 bits per heavy atom. The third kappa shape index (κ3) is 2.19. The van der Waals surface area contributed by atoms with Crippen LogP contribution in [0.3, 0.4) is 0 Å². The number of para-hydroxylation sites is 1. The minimum Gasteiger partial charge on any atom is -0.409 e. The third-order valence-corrected chi connectivity index (χ3v) is 3.19. The largest absolute Gasteiger partial charge is 0.409 e. The van der Waals surface area contributed by atoms with E-state index in [-0.39, 0.29) is 18.5 Å². The van der Waals surface area contributed by atoms with Gasteiger partial charge in [0.1, 0.15) is 0 Å². The molecule has 92 valence electrons. The summed E-state index contributed by atoms with van der Waals surface area (Å²) in [6.45, 7) is 1.02. The molecule has 1 unspecified atom stereocenters. The molecule has 1 aromatic rings. The summed E-state index contributed by atoms with van der Waals surface area (Å²) in [7, 11) is 0. The molecule has 5 nitrogen and oxygen atoms in total. The monoisotopic (exact) mass is 235 g/mol. The van der Waals surface area contributed by atoms with Crippen LogP contribution in [-0.2, 0) is 0 Å². The molecule has 1 aliphatic rings. The number of hydrogen-bond donors (Lipinski definition) is 3. The van der Waals surface area contributed by atoms with Crippen molar-refractivity contribution in [2.75, 3.05) is 18.1 Å². The average molecular weight is 235 g/mol. The smallest absolute Gasteiger partial charge is 0.172 e. The first-order valence-corrected chi connectivity index (χ1v) is 5.72. The zero-order valence-corrected chi connectivity index (χ0v) is 9.58. The molecule has 0 bridgehead atoms. The number of rotatable bonds is 3. The molecule has 1 saturated heterocycles. The molecule has 17 heavy (non-hydrogen) atoms. The van der Waals surface area contributed by atoms with E-state index in [1.807, 2.05) is 24.3 Å². The highest BCUT2D eigenvalue weighted by Crippen LogP contribution is 2.28. The molecule has 0 radical (unpaired) electrons. The number of benzene rings is 1. The van der Waals surface area contributed by atoms with Gasteiger partial charge in [-0.15, -0.1) is 0 Å². The first kappa shape index (κ1) is 11.7. The molecule has 1 fully saturated rings. The summed E-state index contributed by atoms with van der Waals surface area (Å²) in [6, 6.07) is 7.64. The highest BCUT2D eigenvalue weighted by atomic mass is 16.4. The predicted molar refractivity (Wildman–Crippen MR) is 66.4 cm³/mol. The van der Waals surface area contributed by atoms with Crippen LogP contribution in [0.5, 0.6) is 0 Å². The lowest BCUT2D eigenvalue weighted by Crippen LogP contribution is -2.33. The molecule has 0 aliphatic carbocycles. The highest BCUT2D eigenvalue weighted by molar-refractivity contribution is 6.02. The van der Waals surface area contributed by atoms with E-state index < -0.39 is 0 Å². The van der Waals surface area contributed by atoms with E-state index in [1.165, 1.54) is 0 Å². The van der Waals surface area contributed by atoms with E-state index in [0.29, 0.717) is 5.56 Å². The molecule has 1 atom stereocenters. The van der Waals surface area contributed by atoms with Gasteiger partial charge in [0.2, 0.25) is 0 Å². The lowest BCUT2D eigenvalue weighted by Gasteiger charge is -2.27. The van der Waals surface area contributed by atoms with Crippen molar-refractivity contribution in [1.29, 1.82) is 0 Å². The number of oxime groups is 1. The Morgan fingerprint density at radius 3 is 2.94 bits per heavy atom. The summed E-state index contributed by atoms with van der Waals surface area (Å²) in [5.41, 5.74) is 7.28. The predicted octanol–water partition coefficient (Wildman–Crippen LogP) is 0.742. The second-order valence-electron chi connectivity index (χ2n) is 4.17. The van der Waals surface area contributed by atoms with Gasteiger partial charge in [-0.25, -0.2) is 0 Å². The zero-order valence-electron chi connectivity index (χ0n) is 9.58. The van der Waals surface area contributed by atoms with Crippen LogP contribution in [0.15, 0.2) is 29.4 Å². The number of aliphatic hydroxyl groups is 1. The summed E-state index contributed by atoms with van der Waals surface area (Å²) in [5, 5.41) is 21.2. The fraction of sp³-hybridized carbons (Fsp3) is 0.417. The van der Waals surface area contributed by atoms with Crippen molar-refractivity contribution in [2.24, 2.45) is 10.9 Å². The normalized spacial score (nSPS) is 20.9. The molecule has 0 spiro atoms. The molecule has 5 heteroatoms. The first-order chi connectivity index (χ1) is 8.27. The Balaban J connectivity index is 2.38. The maximum atomic E-state index is 9.33. The van der Waals surface area contributed by atoms with Crippen molar-refractivity contribution >= 4 is 11.5 Å². The van der Waals surface area contributed by atoms with Gasteiger partial charge in [0.15, 0.2) is 5.84 Å². The topological polar surface area (TPSA) is 82.1 Å². The van der Waals surface area contributed by atoms with E-state index >= 15 is 0 Å². The molecule has 2 rings (SSSR count). The van der Waals surface area contributed by atoms with E-state index in [0.717, 1.165) is 25.1 Å². The summed E-state index contributed by atoms with van der Waals surface area (Å²) in [5.74, 6) is 0.101. The van der Waals surface area contributed by atoms with Gasteiger partial charge >= 0.3 is 0 Å². The van der Waals surface area contributed by atoms with Crippen molar-refractivity contribution in [3.05, 3.63) is 29.8 Å². The lowest BCUT2D eigenvalue weighted by molar-refractivity contribution is 0.266. The highest BCUT2D eigenvalue weighted by Gasteiger charge is 2.26. The van der Waals surface area contributed by atoms with E-state index in [4.69, 9.17) is 10.9 Å². The Kier molecular flexibility index (Phi) is 3.49. The molecule has 0 amide bonds. The second kappa shape index (κ2) is 5.05. The summed E-state index contributed by atoms with van der Waals surface area (Å²) < 4.78 is 0. The van der Waals surface area contributed by atoms with Crippen LogP contribution in [0, 0.1) is 0 Å². The standard InChI is InChI=1S/C12H17N3O2/c13-12(14-17)10-5-1-2-6-11(10)15-7-3-4-9(15)8-16/h1-2,5-6,9,16-17H,3-4,7-8H2,(H2,13,14). The fourth-order valence-corrected chi connectivity index (χ4v) is 2.34. The van der Waals surface area contributed by atoms with Crippen LogP contribution in [0.2, 0.25) is 0 Å². The Hall–Kier alpha value is -1.75. The van der Waals surface area contributed by atoms with Gasteiger partial charge in [-0.2, -0.15) is 0 Å². The minimum absolute atomic E-state index is 0.101. The SMILES string of the molecule is NC(=NO)c1ccccc1N1CCCC1CO. The van der Waals surface area contributed by atoms with Crippen molar-refractivity contribution in [1.82, 2.24) is 0 Å². The maximum Gasteiger partial charge on any atom is 0.172 e. The number of anilines is 1. The lowest BCUT2D eigenvalue weighted by atomic mass is 10.1. The quantitative estimate of drug-likeness (QED) is 0.312. The average Bonchev–Trinajstić information content (AvgIpc) is 2.86. The van der Waals surface area contributed by atoms with Gasteiger partial charge in [-0.1, -0.05) is 17.3 Å². The molecular weight excluding hydrogens is 218 g/mol. The number of nitrogens with zero attached hydrogens (tertiary/aromatic N) is 2. The van der Waals surface area contributed by atoms with Gasteiger partial charge in [0.25, 0.3) is 0 Å². The molecule has 1 aliphatic heterocycles. The Labute approximate surface area is 100 Å². The number of aliphatic hydroxyl groups excluding tert-OH is 1. The number of amidine groups is 1. The van der Waals surface area contributed by atoms with Gasteiger partial charge in [0.05, 0.1) is 12.6 Å². The van der Waals surface area contributed by atoms with Gasteiger partial charge in [-0.3, -0.25) is 0 Å². The van der Waals surface area contributed by atoms with Crippen molar-refractivity contribution in [3.8, 4) is 0 Å². The van der Waals surface area contributed by atoms with Gasteiger partial charge in [0, 0.05) is 17.8 Å². The molecule has 1 aromatic carbocycles. The summed E-state index contributed by atoms with van der Waals surface area (Å²) >= 11 is 0. The molecule has 4 N–H and O–H groups in total. The number of nitrogens with two attached hydrogens (primary N) is 1. The van der Waals surface area contributed by atoms with Crippen LogP contribution < -0.4 is 10.6 Å². The van der Waals surface area contributed by atoms with Crippen LogP contribution in [0.4, 0.5) is 5.69 Å². The van der Waals surface area contributed by atoms with Crippen molar-refractivity contribution in [3.63, 3.8) is 0 Å². The van der Waals surface area contributed by atoms with Crippen LogP contribution in [0.1, 0.15) is 18.4 Å².